The summed E-state index contributed by atoms with van der Waals surface area (Å²) in [6, 6.07) is 9.05. The quantitative estimate of drug-likeness (QED) is 0.478. The minimum Gasteiger partial charge on any atom is -0.359 e. The third-order valence-corrected chi connectivity index (χ3v) is 5.77. The Morgan fingerprint density at radius 1 is 0.967 bits per heavy atom. The molecular weight excluding hydrogens is 409 g/mol. The molecule has 160 valence electrons. The fourth-order valence-electron chi connectivity index (χ4n) is 3.81. The van der Waals surface area contributed by atoms with E-state index in [1.165, 1.54) is 25.3 Å². The van der Waals surface area contributed by atoms with Gasteiger partial charge in [0, 0.05) is 33.4 Å². The Bertz CT molecular complexity index is 944. The minimum absolute atomic E-state index is 0.431. The van der Waals surface area contributed by atoms with E-state index in [4.69, 9.17) is 11.6 Å². The summed E-state index contributed by atoms with van der Waals surface area (Å²) in [6.45, 7) is 9.95. The molecule has 2 N–H and O–H groups in total. The van der Waals surface area contributed by atoms with Gasteiger partial charge in [0.2, 0.25) is 0 Å². The maximum atomic E-state index is 12.9. The summed E-state index contributed by atoms with van der Waals surface area (Å²) in [5.41, 5.74) is 3.44. The van der Waals surface area contributed by atoms with Gasteiger partial charge in [0.25, 0.3) is 0 Å². The number of halogens is 4. The van der Waals surface area contributed by atoms with E-state index in [1.807, 2.05) is 6.07 Å². The van der Waals surface area contributed by atoms with Gasteiger partial charge in [-0.1, -0.05) is 44.0 Å². The van der Waals surface area contributed by atoms with Crippen LogP contribution in [0.1, 0.15) is 48.8 Å². The standard InChI is InChI=1S/C24H26ClF3N2/c1-15-13-19(24(26,27)28)9-11-22(15)30-17(3)21-14-20(25)10-12-23(21)29-16(2)18-7-5-4-6-8-18/h9-14,18,29-30H,2-8H2,1H3. The molecule has 1 aliphatic rings. The molecular formula is C24H26ClF3N2. The second-order valence-electron chi connectivity index (χ2n) is 7.81. The zero-order valence-corrected chi connectivity index (χ0v) is 17.8. The number of nitrogens with one attached hydrogen (secondary N) is 2. The van der Waals surface area contributed by atoms with Crippen molar-refractivity contribution in [3.63, 3.8) is 0 Å². The summed E-state index contributed by atoms with van der Waals surface area (Å²) in [4.78, 5) is 0. The van der Waals surface area contributed by atoms with Crippen LogP contribution >= 0.6 is 11.6 Å². The Labute approximate surface area is 180 Å². The van der Waals surface area contributed by atoms with Gasteiger partial charge in [0.1, 0.15) is 0 Å². The minimum atomic E-state index is -4.37. The molecule has 0 aliphatic heterocycles. The molecule has 0 unspecified atom stereocenters. The highest BCUT2D eigenvalue weighted by Crippen LogP contribution is 2.35. The Kier molecular flexibility index (Phi) is 6.81. The van der Waals surface area contributed by atoms with Crippen molar-refractivity contribution in [2.45, 2.75) is 45.2 Å². The van der Waals surface area contributed by atoms with Crippen LogP contribution in [0.25, 0.3) is 5.70 Å². The molecule has 1 aliphatic carbocycles. The van der Waals surface area contributed by atoms with Crippen LogP contribution in [0.5, 0.6) is 0 Å². The maximum Gasteiger partial charge on any atom is 0.416 e. The lowest BCUT2D eigenvalue weighted by Crippen LogP contribution is -2.15. The molecule has 0 amide bonds. The molecule has 2 aromatic carbocycles. The first-order valence-corrected chi connectivity index (χ1v) is 10.4. The van der Waals surface area contributed by atoms with Gasteiger partial charge in [0.05, 0.1) is 5.56 Å². The highest BCUT2D eigenvalue weighted by atomic mass is 35.5. The zero-order valence-electron chi connectivity index (χ0n) is 17.0. The van der Waals surface area contributed by atoms with Gasteiger partial charge in [0.15, 0.2) is 0 Å². The van der Waals surface area contributed by atoms with Gasteiger partial charge in [-0.2, -0.15) is 13.2 Å². The van der Waals surface area contributed by atoms with Crippen LogP contribution < -0.4 is 10.6 Å². The summed E-state index contributed by atoms with van der Waals surface area (Å²) < 4.78 is 38.8. The monoisotopic (exact) mass is 434 g/mol. The first-order chi connectivity index (χ1) is 14.1. The fourth-order valence-corrected chi connectivity index (χ4v) is 3.98. The van der Waals surface area contributed by atoms with E-state index < -0.39 is 11.7 Å². The molecule has 6 heteroatoms. The molecule has 1 saturated carbocycles. The number of anilines is 2. The smallest absolute Gasteiger partial charge is 0.359 e. The van der Waals surface area contributed by atoms with Crippen LogP contribution in [0, 0.1) is 12.8 Å². The zero-order chi connectivity index (χ0) is 21.9. The van der Waals surface area contributed by atoms with Crippen LogP contribution in [0.15, 0.2) is 55.3 Å². The van der Waals surface area contributed by atoms with E-state index in [1.54, 1.807) is 19.1 Å². The molecule has 30 heavy (non-hydrogen) atoms. The fraction of sp³-hybridized carbons (Fsp3) is 0.333. The van der Waals surface area contributed by atoms with Crippen molar-refractivity contribution in [3.05, 3.63) is 77.0 Å². The number of benzene rings is 2. The second-order valence-corrected chi connectivity index (χ2v) is 8.24. The van der Waals surface area contributed by atoms with Crippen molar-refractivity contribution in [2.24, 2.45) is 5.92 Å². The lowest BCUT2D eigenvalue weighted by atomic mass is 9.87. The highest BCUT2D eigenvalue weighted by molar-refractivity contribution is 6.30. The number of alkyl halides is 3. The number of hydrogen-bond acceptors (Lipinski definition) is 2. The van der Waals surface area contributed by atoms with E-state index in [0.29, 0.717) is 27.9 Å². The summed E-state index contributed by atoms with van der Waals surface area (Å²) in [5.74, 6) is 0.431. The van der Waals surface area contributed by atoms with E-state index in [2.05, 4.69) is 23.8 Å². The van der Waals surface area contributed by atoms with Crippen LogP contribution in [0.4, 0.5) is 24.5 Å². The van der Waals surface area contributed by atoms with E-state index >= 15 is 0 Å². The first-order valence-electron chi connectivity index (χ1n) is 10.0. The van der Waals surface area contributed by atoms with Gasteiger partial charge >= 0.3 is 6.18 Å². The lowest BCUT2D eigenvalue weighted by molar-refractivity contribution is -0.137. The molecule has 0 aromatic heterocycles. The Hall–Kier alpha value is -2.40. The highest BCUT2D eigenvalue weighted by Gasteiger charge is 2.30. The first kappa shape index (κ1) is 22.3. The average molecular weight is 435 g/mol. The molecule has 3 rings (SSSR count). The molecule has 0 radical (unpaired) electrons. The number of aryl methyl sites for hydroxylation is 1. The van der Waals surface area contributed by atoms with E-state index in [-0.39, 0.29) is 0 Å². The summed E-state index contributed by atoms with van der Waals surface area (Å²) >= 11 is 6.21. The third kappa shape index (κ3) is 5.39. The van der Waals surface area contributed by atoms with Crippen LogP contribution in [-0.2, 0) is 6.18 Å². The number of hydrogen-bond donors (Lipinski definition) is 2. The summed E-state index contributed by atoms with van der Waals surface area (Å²) in [7, 11) is 0. The summed E-state index contributed by atoms with van der Waals surface area (Å²) in [6.07, 6.45) is 1.56. The predicted octanol–water partition coefficient (Wildman–Crippen LogP) is 8.26. The molecule has 0 spiro atoms. The van der Waals surface area contributed by atoms with Crippen LogP contribution in [0.2, 0.25) is 5.02 Å². The number of allylic oxidation sites excluding steroid dienone is 1. The predicted molar refractivity (Wildman–Crippen MR) is 120 cm³/mol. The third-order valence-electron chi connectivity index (χ3n) is 5.54. The number of rotatable bonds is 6. The van der Waals surface area contributed by atoms with Crippen molar-refractivity contribution in [1.29, 1.82) is 0 Å². The topological polar surface area (TPSA) is 24.1 Å². The van der Waals surface area contributed by atoms with E-state index in [0.717, 1.165) is 41.9 Å². The van der Waals surface area contributed by atoms with Crippen molar-refractivity contribution < 1.29 is 13.2 Å². The second kappa shape index (κ2) is 9.17. The van der Waals surface area contributed by atoms with Gasteiger partial charge in [-0.05, 0) is 67.6 Å². The maximum absolute atomic E-state index is 12.9. The SMILES string of the molecule is C=C(Nc1ccc(C(F)(F)F)cc1C)c1cc(Cl)ccc1NC(=C)C1CCCCC1. The Morgan fingerprint density at radius 3 is 2.27 bits per heavy atom. The van der Waals surface area contributed by atoms with Gasteiger partial charge in [-0.3, -0.25) is 0 Å². The molecule has 0 saturated heterocycles. The average Bonchev–Trinajstić information content (AvgIpc) is 2.70. The Morgan fingerprint density at radius 2 is 1.63 bits per heavy atom. The lowest BCUT2D eigenvalue weighted by Gasteiger charge is -2.26. The molecule has 0 bridgehead atoms. The van der Waals surface area contributed by atoms with E-state index in [9.17, 15) is 13.2 Å². The molecule has 2 aromatic rings. The normalized spacial score (nSPS) is 15.0. The van der Waals surface area contributed by atoms with Gasteiger partial charge in [-0.25, -0.2) is 0 Å². The van der Waals surface area contributed by atoms with Crippen molar-refractivity contribution in [2.75, 3.05) is 10.6 Å². The summed E-state index contributed by atoms with van der Waals surface area (Å²) in [5, 5.41) is 7.10. The van der Waals surface area contributed by atoms with Gasteiger partial charge in [-0.15, -0.1) is 0 Å². The molecule has 2 nitrogen and oxygen atoms in total. The molecule has 0 atom stereocenters. The molecule has 1 fully saturated rings. The largest absolute Gasteiger partial charge is 0.416 e. The van der Waals surface area contributed by atoms with Crippen LogP contribution in [0.3, 0.4) is 0 Å². The Balaban J connectivity index is 1.80. The van der Waals surface area contributed by atoms with Crippen molar-refractivity contribution >= 4 is 28.7 Å². The van der Waals surface area contributed by atoms with Crippen molar-refractivity contribution in [1.82, 2.24) is 0 Å². The van der Waals surface area contributed by atoms with Gasteiger partial charge < -0.3 is 10.6 Å². The van der Waals surface area contributed by atoms with Crippen LogP contribution in [-0.4, -0.2) is 0 Å². The molecule has 0 heterocycles. The van der Waals surface area contributed by atoms with Crippen molar-refractivity contribution in [3.8, 4) is 0 Å².